The van der Waals surface area contributed by atoms with Crippen molar-refractivity contribution in [1.29, 1.82) is 0 Å². The zero-order valence-electron chi connectivity index (χ0n) is 14.0. The molecule has 2 heterocycles. The highest BCUT2D eigenvalue weighted by Crippen LogP contribution is 2.14. The van der Waals surface area contributed by atoms with Crippen LogP contribution in [0, 0.1) is 6.92 Å². The Hall–Kier alpha value is -2.38. The molecule has 128 valence electrons. The normalized spacial score (nSPS) is 15.4. The van der Waals surface area contributed by atoms with Crippen LogP contribution < -0.4 is 10.9 Å². The Morgan fingerprint density at radius 3 is 2.54 bits per heavy atom. The third-order valence-electron chi connectivity index (χ3n) is 4.29. The van der Waals surface area contributed by atoms with Gasteiger partial charge in [0, 0.05) is 20.1 Å². The van der Waals surface area contributed by atoms with Crippen LogP contribution in [0.4, 0.5) is 5.69 Å². The summed E-state index contributed by atoms with van der Waals surface area (Å²) in [6.07, 6.45) is 0. The van der Waals surface area contributed by atoms with Gasteiger partial charge in [-0.15, -0.1) is 0 Å². The Labute approximate surface area is 140 Å². The molecule has 0 atom stereocenters. The first-order chi connectivity index (χ1) is 11.6. The molecule has 24 heavy (non-hydrogen) atoms. The number of benzene rings is 1. The van der Waals surface area contributed by atoms with Gasteiger partial charge in [0.25, 0.3) is 5.56 Å². The van der Waals surface area contributed by atoms with Gasteiger partial charge in [-0.1, -0.05) is 18.2 Å². The van der Waals surface area contributed by atoms with E-state index in [1.807, 2.05) is 42.2 Å². The molecule has 0 spiro atoms. The summed E-state index contributed by atoms with van der Waals surface area (Å²) in [6, 6.07) is 9.37. The van der Waals surface area contributed by atoms with Crippen LogP contribution in [0.5, 0.6) is 0 Å². The summed E-state index contributed by atoms with van der Waals surface area (Å²) >= 11 is 0. The first-order valence-corrected chi connectivity index (χ1v) is 8.02. The molecule has 1 saturated heterocycles. The number of aromatic nitrogens is 2. The molecule has 1 aliphatic heterocycles. The van der Waals surface area contributed by atoms with Crippen LogP contribution in [-0.2, 0) is 16.6 Å². The maximum absolute atomic E-state index is 12.7. The van der Waals surface area contributed by atoms with Gasteiger partial charge in [-0.2, -0.15) is 0 Å². The Kier molecular flexibility index (Phi) is 4.82. The minimum Gasteiger partial charge on any atom is -0.379 e. The molecule has 1 N–H and O–H groups in total. The predicted octanol–water partition coefficient (Wildman–Crippen LogP) is 0.755. The Balaban J connectivity index is 1.81. The van der Waals surface area contributed by atoms with Crippen LogP contribution in [0.3, 0.4) is 0 Å². The second-order valence-electron chi connectivity index (χ2n) is 5.87. The zero-order chi connectivity index (χ0) is 17.1. The van der Waals surface area contributed by atoms with Gasteiger partial charge in [-0.05, 0) is 19.1 Å². The average molecular weight is 330 g/mol. The molecule has 3 rings (SSSR count). The van der Waals surface area contributed by atoms with Crippen molar-refractivity contribution >= 4 is 11.6 Å². The van der Waals surface area contributed by atoms with E-state index in [0.29, 0.717) is 18.9 Å². The van der Waals surface area contributed by atoms with E-state index in [-0.39, 0.29) is 18.0 Å². The van der Waals surface area contributed by atoms with Crippen molar-refractivity contribution in [2.24, 2.45) is 7.05 Å². The first-order valence-electron chi connectivity index (χ1n) is 8.02. The standard InChI is InChI=1S/C17H22N4O3/c1-13-16(18-15(22)12-20-8-10-24-11-9-20)17(23)21(19(13)2)14-6-4-3-5-7-14/h3-7H,8-12H2,1-2H3,(H,18,22). The van der Waals surface area contributed by atoms with E-state index < -0.39 is 0 Å². The summed E-state index contributed by atoms with van der Waals surface area (Å²) in [4.78, 5) is 27.0. The molecule has 7 heteroatoms. The van der Waals surface area contributed by atoms with Gasteiger partial charge in [0.05, 0.1) is 31.1 Å². The molecule has 1 aliphatic rings. The van der Waals surface area contributed by atoms with Gasteiger partial charge < -0.3 is 10.1 Å². The molecule has 0 saturated carbocycles. The number of morpholine rings is 1. The lowest BCUT2D eigenvalue weighted by molar-refractivity contribution is -0.118. The SMILES string of the molecule is Cc1c(NC(=O)CN2CCOCC2)c(=O)n(-c2ccccc2)n1C. The summed E-state index contributed by atoms with van der Waals surface area (Å²) in [5.74, 6) is -0.178. The summed E-state index contributed by atoms with van der Waals surface area (Å²) in [6.45, 7) is 4.83. The summed E-state index contributed by atoms with van der Waals surface area (Å²) in [7, 11) is 1.81. The smallest absolute Gasteiger partial charge is 0.295 e. The van der Waals surface area contributed by atoms with Crippen molar-refractivity contribution in [3.63, 3.8) is 0 Å². The van der Waals surface area contributed by atoms with Crippen LogP contribution in [0.2, 0.25) is 0 Å². The second kappa shape index (κ2) is 7.02. The number of anilines is 1. The fraction of sp³-hybridized carbons (Fsp3) is 0.412. The molecule has 1 amide bonds. The highest BCUT2D eigenvalue weighted by molar-refractivity contribution is 5.92. The molecular formula is C17H22N4O3. The Bertz CT molecular complexity index is 773. The van der Waals surface area contributed by atoms with E-state index in [1.165, 1.54) is 0 Å². The quantitative estimate of drug-likeness (QED) is 0.898. The van der Waals surface area contributed by atoms with E-state index in [2.05, 4.69) is 5.32 Å². The van der Waals surface area contributed by atoms with Crippen molar-refractivity contribution < 1.29 is 9.53 Å². The van der Waals surface area contributed by atoms with Crippen LogP contribution in [0.25, 0.3) is 5.69 Å². The van der Waals surface area contributed by atoms with E-state index in [0.717, 1.165) is 24.5 Å². The van der Waals surface area contributed by atoms with E-state index >= 15 is 0 Å². The lowest BCUT2D eigenvalue weighted by Crippen LogP contribution is -2.41. The third-order valence-corrected chi connectivity index (χ3v) is 4.29. The Morgan fingerprint density at radius 1 is 1.21 bits per heavy atom. The summed E-state index contributed by atoms with van der Waals surface area (Å²) < 4.78 is 8.58. The molecule has 0 radical (unpaired) electrons. The average Bonchev–Trinajstić information content (AvgIpc) is 2.80. The van der Waals surface area contributed by atoms with E-state index in [1.54, 1.807) is 16.4 Å². The van der Waals surface area contributed by atoms with E-state index in [4.69, 9.17) is 4.74 Å². The number of nitrogens with one attached hydrogen (secondary N) is 1. The van der Waals surface area contributed by atoms with Crippen molar-refractivity contribution in [1.82, 2.24) is 14.3 Å². The lowest BCUT2D eigenvalue weighted by Gasteiger charge is -2.25. The molecule has 1 aromatic carbocycles. The maximum atomic E-state index is 12.7. The number of nitrogens with zero attached hydrogens (tertiary/aromatic N) is 3. The fourth-order valence-corrected chi connectivity index (χ4v) is 2.85. The van der Waals surface area contributed by atoms with E-state index in [9.17, 15) is 9.59 Å². The number of para-hydroxylation sites is 1. The maximum Gasteiger partial charge on any atom is 0.295 e. The Morgan fingerprint density at radius 2 is 1.88 bits per heavy atom. The fourth-order valence-electron chi connectivity index (χ4n) is 2.85. The molecule has 0 bridgehead atoms. The van der Waals surface area contributed by atoms with Crippen LogP contribution in [0.1, 0.15) is 5.69 Å². The first kappa shape index (κ1) is 16.5. The molecular weight excluding hydrogens is 308 g/mol. The molecule has 0 aliphatic carbocycles. The highest BCUT2D eigenvalue weighted by Gasteiger charge is 2.20. The van der Waals surface area contributed by atoms with Crippen molar-refractivity contribution in [2.45, 2.75) is 6.92 Å². The number of amides is 1. The second-order valence-corrected chi connectivity index (χ2v) is 5.87. The topological polar surface area (TPSA) is 68.5 Å². The molecule has 7 nitrogen and oxygen atoms in total. The van der Waals surface area contributed by atoms with Crippen LogP contribution in [-0.4, -0.2) is 53.0 Å². The van der Waals surface area contributed by atoms with Gasteiger partial charge >= 0.3 is 0 Å². The van der Waals surface area contributed by atoms with Crippen molar-refractivity contribution in [2.75, 3.05) is 38.2 Å². The van der Waals surface area contributed by atoms with Gasteiger partial charge in [-0.25, -0.2) is 4.68 Å². The minimum atomic E-state index is -0.225. The van der Waals surface area contributed by atoms with Gasteiger partial charge in [0.2, 0.25) is 5.91 Å². The van der Waals surface area contributed by atoms with Crippen LogP contribution in [0.15, 0.2) is 35.1 Å². The predicted molar refractivity (Wildman–Crippen MR) is 91.6 cm³/mol. The van der Waals surface area contributed by atoms with Crippen molar-refractivity contribution in [3.05, 3.63) is 46.4 Å². The third kappa shape index (κ3) is 3.27. The number of rotatable bonds is 4. The highest BCUT2D eigenvalue weighted by atomic mass is 16.5. The van der Waals surface area contributed by atoms with Gasteiger partial charge in [0.1, 0.15) is 5.69 Å². The van der Waals surface area contributed by atoms with Gasteiger partial charge in [0.15, 0.2) is 0 Å². The molecule has 1 fully saturated rings. The summed E-state index contributed by atoms with van der Waals surface area (Å²) in [5.41, 5.74) is 1.59. The number of carbonyl (C=O) groups excluding carboxylic acids is 1. The number of hydrogen-bond donors (Lipinski definition) is 1. The van der Waals surface area contributed by atoms with Gasteiger partial charge in [-0.3, -0.25) is 19.2 Å². The summed E-state index contributed by atoms with van der Waals surface area (Å²) in [5, 5.41) is 2.78. The molecule has 1 aromatic heterocycles. The monoisotopic (exact) mass is 330 g/mol. The molecule has 0 unspecified atom stereocenters. The number of hydrogen-bond acceptors (Lipinski definition) is 4. The minimum absolute atomic E-state index is 0.178. The lowest BCUT2D eigenvalue weighted by atomic mass is 10.3. The zero-order valence-corrected chi connectivity index (χ0v) is 14.0. The number of ether oxygens (including phenoxy) is 1. The molecule has 2 aromatic rings. The largest absolute Gasteiger partial charge is 0.379 e. The van der Waals surface area contributed by atoms with Crippen LogP contribution >= 0.6 is 0 Å². The van der Waals surface area contributed by atoms with Crippen molar-refractivity contribution in [3.8, 4) is 5.69 Å². The number of carbonyl (C=O) groups is 1.